The first-order valence-corrected chi connectivity index (χ1v) is 14.7. The number of carbonyl (C=O) groups excluding carboxylic acids is 1. The van der Waals surface area contributed by atoms with Crippen molar-refractivity contribution in [3.8, 4) is 0 Å². The van der Waals surface area contributed by atoms with Crippen LogP contribution in [-0.2, 0) is 38.1 Å². The SMILES string of the molecule is CC(C)(C)c1nc2cc(CNS(=O)(=O)c3ccc(NC(=O)CBr)cc3)ccc2n1CC1CCOCC1. The molecule has 0 radical (unpaired) electrons. The first-order chi connectivity index (χ1) is 17.1. The lowest BCUT2D eigenvalue weighted by atomic mass is 9.94. The highest BCUT2D eigenvalue weighted by Crippen LogP contribution is 2.30. The third-order valence-electron chi connectivity index (χ3n) is 6.30. The largest absolute Gasteiger partial charge is 0.381 e. The summed E-state index contributed by atoms with van der Waals surface area (Å²) in [4.78, 5) is 16.6. The average molecular weight is 578 g/mol. The van der Waals surface area contributed by atoms with Crippen molar-refractivity contribution in [2.75, 3.05) is 23.9 Å². The van der Waals surface area contributed by atoms with E-state index in [9.17, 15) is 13.2 Å². The fourth-order valence-corrected chi connectivity index (χ4v) is 5.56. The van der Waals surface area contributed by atoms with Gasteiger partial charge in [-0.25, -0.2) is 18.1 Å². The first kappa shape index (κ1) is 26.8. The standard InChI is InChI=1S/C26H33BrN4O4S/c1-26(2,3)25-30-22-14-19(4-9-23(22)31(25)17-18-10-12-35-13-11-18)16-28-36(33,34)21-7-5-20(6-8-21)29-24(32)15-27/h4-9,14,18,28H,10-13,15-17H2,1-3H3,(H,29,32). The zero-order chi connectivity index (χ0) is 25.9. The van der Waals surface area contributed by atoms with Crippen molar-refractivity contribution in [2.24, 2.45) is 5.92 Å². The highest BCUT2D eigenvalue weighted by molar-refractivity contribution is 9.09. The lowest BCUT2D eigenvalue weighted by Gasteiger charge is -2.26. The van der Waals surface area contributed by atoms with Crippen LogP contribution in [0.5, 0.6) is 0 Å². The Labute approximate surface area is 221 Å². The minimum absolute atomic E-state index is 0.119. The Balaban J connectivity index is 1.51. The van der Waals surface area contributed by atoms with E-state index in [0.29, 0.717) is 11.6 Å². The highest BCUT2D eigenvalue weighted by Gasteiger charge is 2.25. The molecule has 1 aliphatic rings. The molecule has 1 saturated heterocycles. The van der Waals surface area contributed by atoms with E-state index in [1.54, 1.807) is 12.1 Å². The number of amides is 1. The maximum absolute atomic E-state index is 12.8. The van der Waals surface area contributed by atoms with Gasteiger partial charge in [0.1, 0.15) is 5.82 Å². The third kappa shape index (κ3) is 6.34. The number of sulfonamides is 1. The Kier molecular flexibility index (Phi) is 8.18. The van der Waals surface area contributed by atoms with Crippen LogP contribution in [0.1, 0.15) is 45.0 Å². The Bertz CT molecular complexity index is 1320. The van der Waals surface area contributed by atoms with Gasteiger partial charge in [0.15, 0.2) is 0 Å². The first-order valence-electron chi connectivity index (χ1n) is 12.1. The van der Waals surface area contributed by atoms with E-state index in [1.807, 2.05) is 18.2 Å². The monoisotopic (exact) mass is 576 g/mol. The van der Waals surface area contributed by atoms with Crippen LogP contribution in [-0.4, -0.2) is 42.4 Å². The Morgan fingerprint density at radius 1 is 1.14 bits per heavy atom. The number of ether oxygens (including phenoxy) is 1. The van der Waals surface area contributed by atoms with Gasteiger partial charge in [-0.2, -0.15) is 0 Å². The molecule has 194 valence electrons. The van der Waals surface area contributed by atoms with E-state index in [0.717, 1.165) is 55.0 Å². The second-order valence-electron chi connectivity index (χ2n) is 10.2. The summed E-state index contributed by atoms with van der Waals surface area (Å²) >= 11 is 3.08. The van der Waals surface area contributed by atoms with Crippen molar-refractivity contribution >= 4 is 48.6 Å². The van der Waals surface area contributed by atoms with Crippen molar-refractivity contribution in [3.63, 3.8) is 0 Å². The van der Waals surface area contributed by atoms with Crippen molar-refractivity contribution < 1.29 is 17.9 Å². The van der Waals surface area contributed by atoms with E-state index in [1.165, 1.54) is 12.1 Å². The number of hydrogen-bond donors (Lipinski definition) is 2. The molecule has 0 atom stereocenters. The molecule has 3 aromatic rings. The molecule has 8 nitrogen and oxygen atoms in total. The maximum atomic E-state index is 12.8. The van der Waals surface area contributed by atoms with Gasteiger partial charge in [-0.15, -0.1) is 0 Å². The molecule has 4 rings (SSSR count). The molecule has 0 spiro atoms. The second kappa shape index (κ2) is 11.0. The van der Waals surface area contributed by atoms with Gasteiger partial charge >= 0.3 is 0 Å². The van der Waals surface area contributed by atoms with Crippen LogP contribution in [0.15, 0.2) is 47.4 Å². The number of benzene rings is 2. The number of rotatable bonds is 8. The van der Waals surface area contributed by atoms with Crippen LogP contribution < -0.4 is 10.0 Å². The van der Waals surface area contributed by atoms with Gasteiger partial charge in [0.2, 0.25) is 15.9 Å². The predicted molar refractivity (Wildman–Crippen MR) is 145 cm³/mol. The number of carbonyl (C=O) groups is 1. The third-order valence-corrected chi connectivity index (χ3v) is 8.23. The molecule has 1 aromatic heterocycles. The molecule has 0 aliphatic carbocycles. The van der Waals surface area contributed by atoms with Gasteiger partial charge in [0, 0.05) is 37.4 Å². The summed E-state index contributed by atoms with van der Waals surface area (Å²) in [6, 6.07) is 12.1. The fourth-order valence-electron chi connectivity index (χ4n) is 4.40. The Hall–Kier alpha value is -2.27. The van der Waals surface area contributed by atoms with Crippen LogP contribution in [0.3, 0.4) is 0 Å². The number of imidazole rings is 1. The Morgan fingerprint density at radius 2 is 1.83 bits per heavy atom. The minimum Gasteiger partial charge on any atom is -0.381 e. The van der Waals surface area contributed by atoms with Crippen LogP contribution >= 0.6 is 15.9 Å². The molecule has 2 N–H and O–H groups in total. The number of halogens is 1. The van der Waals surface area contributed by atoms with Crippen LogP contribution in [0.4, 0.5) is 5.69 Å². The molecule has 10 heteroatoms. The Morgan fingerprint density at radius 3 is 2.47 bits per heavy atom. The highest BCUT2D eigenvalue weighted by atomic mass is 79.9. The molecule has 2 aromatic carbocycles. The molecular weight excluding hydrogens is 544 g/mol. The molecule has 2 heterocycles. The molecular formula is C26H33BrN4O4S. The van der Waals surface area contributed by atoms with Crippen molar-refractivity contribution in [1.82, 2.24) is 14.3 Å². The normalized spacial score (nSPS) is 15.3. The summed E-state index contributed by atoms with van der Waals surface area (Å²) in [5.74, 6) is 1.39. The number of alkyl halides is 1. The molecule has 1 aliphatic heterocycles. The summed E-state index contributed by atoms with van der Waals surface area (Å²) in [6.45, 7) is 9.17. The summed E-state index contributed by atoms with van der Waals surface area (Å²) in [5, 5.41) is 2.84. The van der Waals surface area contributed by atoms with Gasteiger partial charge in [-0.3, -0.25) is 4.79 Å². The van der Waals surface area contributed by atoms with Gasteiger partial charge in [0.25, 0.3) is 0 Å². The van der Waals surface area contributed by atoms with Crippen molar-refractivity contribution in [3.05, 3.63) is 53.9 Å². The summed E-state index contributed by atoms with van der Waals surface area (Å²) in [5.41, 5.74) is 3.19. The predicted octanol–water partition coefficient (Wildman–Crippen LogP) is 4.57. The summed E-state index contributed by atoms with van der Waals surface area (Å²) in [6.07, 6.45) is 2.10. The quantitative estimate of drug-likeness (QED) is 0.382. The number of nitrogens with one attached hydrogen (secondary N) is 2. The van der Waals surface area contributed by atoms with Crippen LogP contribution in [0.25, 0.3) is 11.0 Å². The zero-order valence-corrected chi connectivity index (χ0v) is 23.3. The van der Waals surface area contributed by atoms with Crippen LogP contribution in [0.2, 0.25) is 0 Å². The fraction of sp³-hybridized carbons (Fsp3) is 0.462. The molecule has 36 heavy (non-hydrogen) atoms. The van der Waals surface area contributed by atoms with Crippen LogP contribution in [0, 0.1) is 5.92 Å². The van der Waals surface area contributed by atoms with E-state index >= 15 is 0 Å². The van der Waals surface area contributed by atoms with E-state index in [2.05, 4.69) is 51.3 Å². The molecule has 1 amide bonds. The topological polar surface area (TPSA) is 102 Å². The smallest absolute Gasteiger partial charge is 0.240 e. The van der Waals surface area contributed by atoms with Gasteiger partial charge in [-0.05, 0) is 60.7 Å². The lowest BCUT2D eigenvalue weighted by molar-refractivity contribution is -0.113. The molecule has 0 saturated carbocycles. The van der Waals surface area contributed by atoms with E-state index in [-0.39, 0.29) is 28.1 Å². The lowest BCUT2D eigenvalue weighted by Crippen LogP contribution is -2.25. The molecule has 1 fully saturated rings. The zero-order valence-electron chi connectivity index (χ0n) is 20.9. The van der Waals surface area contributed by atoms with Gasteiger partial charge in [0.05, 0.1) is 21.3 Å². The van der Waals surface area contributed by atoms with Crippen molar-refractivity contribution in [2.45, 2.75) is 57.0 Å². The molecule has 0 bridgehead atoms. The average Bonchev–Trinajstić information content (AvgIpc) is 3.22. The van der Waals surface area contributed by atoms with Gasteiger partial charge in [-0.1, -0.05) is 42.8 Å². The minimum atomic E-state index is -3.72. The summed E-state index contributed by atoms with van der Waals surface area (Å²) < 4.78 is 36.2. The molecule has 0 unspecified atom stereocenters. The number of anilines is 1. The summed E-state index contributed by atoms with van der Waals surface area (Å²) in [7, 11) is -3.72. The number of fused-ring (bicyclic) bond motifs is 1. The maximum Gasteiger partial charge on any atom is 0.240 e. The number of hydrogen-bond acceptors (Lipinski definition) is 5. The van der Waals surface area contributed by atoms with E-state index < -0.39 is 10.0 Å². The number of nitrogens with zero attached hydrogens (tertiary/aromatic N) is 2. The van der Waals surface area contributed by atoms with Crippen molar-refractivity contribution in [1.29, 1.82) is 0 Å². The van der Waals surface area contributed by atoms with E-state index in [4.69, 9.17) is 9.72 Å². The second-order valence-corrected chi connectivity index (χ2v) is 12.5. The van der Waals surface area contributed by atoms with Gasteiger partial charge < -0.3 is 14.6 Å². The number of aromatic nitrogens is 2.